The van der Waals surface area contributed by atoms with Gasteiger partial charge in [0, 0.05) is 6.54 Å². The normalized spacial score (nSPS) is 11.2. The molecule has 0 amide bonds. The second kappa shape index (κ2) is 6.34. The van der Waals surface area contributed by atoms with Crippen LogP contribution in [0.2, 0.25) is 0 Å². The van der Waals surface area contributed by atoms with E-state index in [4.69, 9.17) is 9.47 Å². The number of aliphatic hydroxyl groups is 1. The lowest BCUT2D eigenvalue weighted by Crippen LogP contribution is -2.35. The van der Waals surface area contributed by atoms with Crippen LogP contribution in [0.15, 0.2) is 0 Å². The Morgan fingerprint density at radius 1 is 1.06 bits per heavy atom. The fourth-order valence-corrected chi connectivity index (χ4v) is 1.34. The van der Waals surface area contributed by atoms with Crippen LogP contribution in [0.4, 0.5) is 5.95 Å². The minimum Gasteiger partial charge on any atom is -0.467 e. The van der Waals surface area contributed by atoms with E-state index in [2.05, 4.69) is 20.3 Å². The maximum Gasteiger partial charge on any atom is 0.324 e. The Bertz CT molecular complexity index is 360. The number of hydrogen-bond donors (Lipinski definition) is 2. The van der Waals surface area contributed by atoms with Crippen molar-refractivity contribution in [3.8, 4) is 12.0 Å². The molecular formula is C11H20N4O3. The number of aromatic nitrogens is 3. The molecule has 0 saturated heterocycles. The zero-order valence-electron chi connectivity index (χ0n) is 11.2. The summed E-state index contributed by atoms with van der Waals surface area (Å²) in [6.07, 6.45) is 1.30. The molecule has 0 saturated carbocycles. The molecule has 1 aromatic rings. The Morgan fingerprint density at radius 2 is 1.56 bits per heavy atom. The summed E-state index contributed by atoms with van der Waals surface area (Å²) in [6.45, 7) is 4.22. The van der Waals surface area contributed by atoms with Crippen LogP contribution in [-0.2, 0) is 0 Å². The first-order chi connectivity index (χ1) is 8.56. The monoisotopic (exact) mass is 256 g/mol. The van der Waals surface area contributed by atoms with Gasteiger partial charge in [-0.25, -0.2) is 0 Å². The fraction of sp³-hybridized carbons (Fsp3) is 0.727. The number of methoxy groups -OCH3 is 2. The van der Waals surface area contributed by atoms with Crippen molar-refractivity contribution in [3.05, 3.63) is 0 Å². The van der Waals surface area contributed by atoms with E-state index in [9.17, 15) is 5.11 Å². The highest BCUT2D eigenvalue weighted by Crippen LogP contribution is 2.17. The molecule has 1 heterocycles. The summed E-state index contributed by atoms with van der Waals surface area (Å²) in [7, 11) is 2.93. The number of rotatable bonds is 7. The molecule has 7 nitrogen and oxygen atoms in total. The number of nitrogens with one attached hydrogen (secondary N) is 1. The van der Waals surface area contributed by atoms with E-state index in [1.807, 2.05) is 13.8 Å². The van der Waals surface area contributed by atoms with Gasteiger partial charge in [0.2, 0.25) is 5.95 Å². The topological polar surface area (TPSA) is 89.4 Å². The highest BCUT2D eigenvalue weighted by atomic mass is 16.5. The van der Waals surface area contributed by atoms with Gasteiger partial charge in [0.15, 0.2) is 0 Å². The number of hydrogen-bond acceptors (Lipinski definition) is 7. The summed E-state index contributed by atoms with van der Waals surface area (Å²) in [4.78, 5) is 11.9. The van der Waals surface area contributed by atoms with Crippen molar-refractivity contribution in [2.45, 2.75) is 32.3 Å². The van der Waals surface area contributed by atoms with Gasteiger partial charge in [-0.3, -0.25) is 0 Å². The Morgan fingerprint density at radius 3 is 1.94 bits per heavy atom. The van der Waals surface area contributed by atoms with E-state index >= 15 is 0 Å². The molecule has 0 aliphatic rings. The van der Waals surface area contributed by atoms with Gasteiger partial charge in [0.05, 0.1) is 19.8 Å². The van der Waals surface area contributed by atoms with Gasteiger partial charge in [0.25, 0.3) is 0 Å². The molecule has 0 atom stereocenters. The van der Waals surface area contributed by atoms with Gasteiger partial charge < -0.3 is 19.9 Å². The second-order valence-electron chi connectivity index (χ2n) is 3.92. The minimum absolute atomic E-state index is 0.167. The Balaban J connectivity index is 2.78. The number of nitrogens with zero attached hydrogens (tertiary/aromatic N) is 3. The average Bonchev–Trinajstić information content (AvgIpc) is 2.44. The first-order valence-electron chi connectivity index (χ1n) is 5.87. The molecule has 0 fully saturated rings. The van der Waals surface area contributed by atoms with Crippen molar-refractivity contribution in [1.82, 2.24) is 15.0 Å². The minimum atomic E-state index is -0.771. The summed E-state index contributed by atoms with van der Waals surface area (Å²) in [6, 6.07) is 0.335. The van der Waals surface area contributed by atoms with Crippen molar-refractivity contribution in [3.63, 3.8) is 0 Å². The molecule has 2 N–H and O–H groups in total. The van der Waals surface area contributed by atoms with E-state index in [-0.39, 0.29) is 12.0 Å². The summed E-state index contributed by atoms with van der Waals surface area (Å²) in [5.74, 6) is 0.319. The molecule has 0 bridgehead atoms. The van der Waals surface area contributed by atoms with Crippen molar-refractivity contribution in [2.75, 3.05) is 26.1 Å². The fourth-order valence-electron chi connectivity index (χ4n) is 1.34. The second-order valence-corrected chi connectivity index (χ2v) is 3.92. The molecule has 0 spiro atoms. The first-order valence-corrected chi connectivity index (χ1v) is 5.87. The van der Waals surface area contributed by atoms with Crippen LogP contribution in [0.25, 0.3) is 0 Å². The molecule has 1 aromatic heterocycles. The maximum absolute atomic E-state index is 10.1. The molecular weight excluding hydrogens is 236 g/mol. The largest absolute Gasteiger partial charge is 0.467 e. The number of ether oxygens (including phenoxy) is 2. The summed E-state index contributed by atoms with van der Waals surface area (Å²) in [5.41, 5.74) is -0.771. The standard InChI is InChI=1S/C11H20N4O3/c1-5-11(16,6-2)7-12-8-13-9(17-3)15-10(14-8)18-4/h16H,5-7H2,1-4H3,(H,12,13,14,15). The predicted molar refractivity (Wildman–Crippen MR) is 67.0 cm³/mol. The molecule has 0 radical (unpaired) electrons. The smallest absolute Gasteiger partial charge is 0.324 e. The molecule has 18 heavy (non-hydrogen) atoms. The zero-order chi connectivity index (χ0) is 13.6. The molecule has 0 unspecified atom stereocenters. The molecule has 0 aromatic carbocycles. The Labute approximate surface area is 107 Å². The van der Waals surface area contributed by atoms with Gasteiger partial charge >= 0.3 is 12.0 Å². The van der Waals surface area contributed by atoms with E-state index < -0.39 is 5.60 Å². The quantitative estimate of drug-likeness (QED) is 0.747. The molecule has 1 rings (SSSR count). The average molecular weight is 256 g/mol. The summed E-state index contributed by atoms with van der Waals surface area (Å²) < 4.78 is 9.87. The SMILES string of the molecule is CCC(O)(CC)CNc1nc(OC)nc(OC)n1. The van der Waals surface area contributed by atoms with E-state index in [0.717, 1.165) is 0 Å². The first kappa shape index (κ1) is 14.4. The van der Waals surface area contributed by atoms with Gasteiger partial charge in [-0.05, 0) is 12.8 Å². The van der Waals surface area contributed by atoms with Crippen LogP contribution < -0.4 is 14.8 Å². The van der Waals surface area contributed by atoms with Crippen LogP contribution in [0.5, 0.6) is 12.0 Å². The highest BCUT2D eigenvalue weighted by Gasteiger charge is 2.22. The van der Waals surface area contributed by atoms with Gasteiger partial charge in [0.1, 0.15) is 0 Å². The zero-order valence-corrected chi connectivity index (χ0v) is 11.2. The van der Waals surface area contributed by atoms with Crippen molar-refractivity contribution >= 4 is 5.95 Å². The van der Waals surface area contributed by atoms with Crippen molar-refractivity contribution in [1.29, 1.82) is 0 Å². The highest BCUT2D eigenvalue weighted by molar-refractivity contribution is 5.28. The predicted octanol–water partition coefficient (Wildman–Crippen LogP) is 0.852. The Hall–Kier alpha value is -1.63. The van der Waals surface area contributed by atoms with Gasteiger partial charge in [-0.1, -0.05) is 13.8 Å². The Kier molecular flexibility index (Phi) is 5.08. The van der Waals surface area contributed by atoms with Gasteiger partial charge in [-0.15, -0.1) is 4.98 Å². The van der Waals surface area contributed by atoms with Gasteiger partial charge in [-0.2, -0.15) is 9.97 Å². The molecule has 0 aliphatic carbocycles. The molecule has 0 aliphatic heterocycles. The third kappa shape index (κ3) is 3.69. The van der Waals surface area contributed by atoms with E-state index in [1.165, 1.54) is 14.2 Å². The van der Waals surface area contributed by atoms with Crippen molar-refractivity contribution in [2.24, 2.45) is 0 Å². The number of anilines is 1. The molecule has 7 heteroatoms. The third-order valence-electron chi connectivity index (χ3n) is 2.85. The summed E-state index contributed by atoms with van der Waals surface area (Å²) in [5, 5.41) is 13.1. The van der Waals surface area contributed by atoms with Crippen LogP contribution in [-0.4, -0.2) is 46.4 Å². The third-order valence-corrected chi connectivity index (χ3v) is 2.85. The molecule has 102 valence electrons. The van der Waals surface area contributed by atoms with Crippen LogP contribution in [0.3, 0.4) is 0 Å². The van der Waals surface area contributed by atoms with Crippen LogP contribution >= 0.6 is 0 Å². The summed E-state index contributed by atoms with van der Waals surface area (Å²) >= 11 is 0. The maximum atomic E-state index is 10.1. The lowest BCUT2D eigenvalue weighted by atomic mass is 9.98. The van der Waals surface area contributed by atoms with Crippen LogP contribution in [0, 0.1) is 0 Å². The van der Waals surface area contributed by atoms with Crippen LogP contribution in [0.1, 0.15) is 26.7 Å². The van der Waals surface area contributed by atoms with E-state index in [1.54, 1.807) is 0 Å². The lowest BCUT2D eigenvalue weighted by molar-refractivity contribution is 0.0455. The van der Waals surface area contributed by atoms with Crippen molar-refractivity contribution < 1.29 is 14.6 Å². The van der Waals surface area contributed by atoms with E-state index in [0.29, 0.717) is 25.3 Å². The lowest BCUT2D eigenvalue weighted by Gasteiger charge is -2.25.